The summed E-state index contributed by atoms with van der Waals surface area (Å²) in [6.07, 6.45) is 0. The van der Waals surface area contributed by atoms with Crippen LogP contribution in [0.5, 0.6) is 0 Å². The lowest BCUT2D eigenvalue weighted by Crippen LogP contribution is -1.93. The average molecular weight is 671 g/mol. The summed E-state index contributed by atoms with van der Waals surface area (Å²) in [7, 11) is 0. The predicted molar refractivity (Wildman–Crippen MR) is 219 cm³/mol. The maximum Gasteiger partial charge on any atom is 0.0449 e. The SMILES string of the molecule is c1ccc(-c2ccc(-c3ccc(-c4ccc5c(-c6cccc7ccccc67)c6ccccc6c(-c6cccc7ccccc67)c5c4)s3)s2)cc1. The van der Waals surface area contributed by atoms with E-state index in [0.717, 1.165) is 0 Å². The normalized spacial score (nSPS) is 11.6. The molecule has 10 aromatic rings. The van der Waals surface area contributed by atoms with E-state index in [0.29, 0.717) is 0 Å². The van der Waals surface area contributed by atoms with Crippen LogP contribution in [0.3, 0.4) is 0 Å². The molecule has 0 aliphatic carbocycles. The van der Waals surface area contributed by atoms with Crippen LogP contribution in [-0.4, -0.2) is 0 Å². The van der Waals surface area contributed by atoms with E-state index >= 15 is 0 Å². The van der Waals surface area contributed by atoms with Gasteiger partial charge in [-0.2, -0.15) is 0 Å². The summed E-state index contributed by atoms with van der Waals surface area (Å²) in [5.41, 5.74) is 7.64. The van der Waals surface area contributed by atoms with Gasteiger partial charge in [-0.05, 0) is 107 Å². The van der Waals surface area contributed by atoms with E-state index in [2.05, 4.69) is 182 Å². The van der Waals surface area contributed by atoms with Crippen molar-refractivity contribution in [2.24, 2.45) is 0 Å². The zero-order chi connectivity index (χ0) is 33.0. The summed E-state index contributed by atoms with van der Waals surface area (Å²) < 4.78 is 0. The number of benzene rings is 8. The highest BCUT2D eigenvalue weighted by molar-refractivity contribution is 7.25. The Bertz CT molecular complexity index is 2860. The van der Waals surface area contributed by atoms with Crippen molar-refractivity contribution in [3.8, 4) is 52.9 Å². The van der Waals surface area contributed by atoms with E-state index in [1.165, 1.54) is 96.0 Å². The molecule has 2 heteroatoms. The van der Waals surface area contributed by atoms with Gasteiger partial charge in [0.1, 0.15) is 0 Å². The molecule has 0 bridgehead atoms. The number of thiophene rings is 2. The van der Waals surface area contributed by atoms with Crippen molar-refractivity contribution in [2.45, 2.75) is 0 Å². The Balaban J connectivity index is 1.23. The second-order valence-corrected chi connectivity index (χ2v) is 15.0. The van der Waals surface area contributed by atoms with Gasteiger partial charge in [-0.15, -0.1) is 22.7 Å². The molecule has 0 radical (unpaired) electrons. The molecule has 10 rings (SSSR count). The molecule has 0 spiro atoms. The third-order valence-electron chi connectivity index (χ3n) is 9.94. The first-order valence-electron chi connectivity index (χ1n) is 17.0. The molecule has 0 atom stereocenters. The van der Waals surface area contributed by atoms with Crippen molar-refractivity contribution < 1.29 is 0 Å². The quantitative estimate of drug-likeness (QED) is 0.160. The fraction of sp³-hybridized carbons (Fsp3) is 0. The number of hydrogen-bond donors (Lipinski definition) is 0. The van der Waals surface area contributed by atoms with Gasteiger partial charge in [0.15, 0.2) is 0 Å². The minimum atomic E-state index is 1.24. The third kappa shape index (κ3) is 4.80. The van der Waals surface area contributed by atoms with Gasteiger partial charge in [0, 0.05) is 19.5 Å². The summed E-state index contributed by atoms with van der Waals surface area (Å²) in [5.74, 6) is 0. The van der Waals surface area contributed by atoms with Crippen LogP contribution >= 0.6 is 22.7 Å². The number of rotatable bonds is 5. The lowest BCUT2D eigenvalue weighted by atomic mass is 9.83. The summed E-state index contributed by atoms with van der Waals surface area (Å²) in [4.78, 5) is 5.19. The van der Waals surface area contributed by atoms with E-state index in [1.54, 1.807) is 0 Å². The molecule has 0 nitrogen and oxygen atoms in total. The molecule has 0 amide bonds. The van der Waals surface area contributed by atoms with Crippen molar-refractivity contribution in [1.29, 1.82) is 0 Å². The molecule has 0 aliphatic rings. The van der Waals surface area contributed by atoms with Gasteiger partial charge < -0.3 is 0 Å². The molecule has 2 aromatic heterocycles. The summed E-state index contributed by atoms with van der Waals surface area (Å²) in [5, 5.41) is 10.2. The Morgan fingerprint density at radius 3 is 1.30 bits per heavy atom. The molecular formula is C48H30S2. The highest BCUT2D eigenvalue weighted by Crippen LogP contribution is 2.48. The van der Waals surface area contributed by atoms with Crippen molar-refractivity contribution in [2.75, 3.05) is 0 Å². The maximum absolute atomic E-state index is 2.45. The molecule has 0 unspecified atom stereocenters. The van der Waals surface area contributed by atoms with Crippen molar-refractivity contribution in [1.82, 2.24) is 0 Å². The van der Waals surface area contributed by atoms with E-state index in [1.807, 2.05) is 22.7 Å². The largest absolute Gasteiger partial charge is 0.134 e. The fourth-order valence-electron chi connectivity index (χ4n) is 7.65. The predicted octanol–water partition coefficient (Wildman–Crippen LogP) is 14.8. The van der Waals surface area contributed by atoms with Crippen LogP contribution < -0.4 is 0 Å². The van der Waals surface area contributed by atoms with E-state index in [4.69, 9.17) is 0 Å². The molecule has 0 aliphatic heterocycles. The number of fused-ring (bicyclic) bond motifs is 4. The van der Waals surface area contributed by atoms with Gasteiger partial charge in [0.05, 0.1) is 0 Å². The molecular weight excluding hydrogens is 641 g/mol. The lowest BCUT2D eigenvalue weighted by Gasteiger charge is -2.20. The fourth-order valence-corrected chi connectivity index (χ4v) is 9.76. The summed E-state index contributed by atoms with van der Waals surface area (Å²) in [6.45, 7) is 0. The zero-order valence-corrected chi connectivity index (χ0v) is 28.8. The summed E-state index contributed by atoms with van der Waals surface area (Å²) >= 11 is 3.74. The molecule has 0 saturated carbocycles. The molecule has 0 N–H and O–H groups in total. The Kier molecular flexibility index (Phi) is 6.97. The summed E-state index contributed by atoms with van der Waals surface area (Å²) in [6, 6.07) is 66.9. The van der Waals surface area contributed by atoms with Gasteiger partial charge in [0.25, 0.3) is 0 Å². The van der Waals surface area contributed by atoms with Crippen LogP contribution in [-0.2, 0) is 0 Å². The van der Waals surface area contributed by atoms with Crippen molar-refractivity contribution in [3.05, 3.63) is 182 Å². The van der Waals surface area contributed by atoms with Crippen LogP contribution in [0.25, 0.3) is 96.0 Å². The first-order chi connectivity index (χ1) is 24.8. The van der Waals surface area contributed by atoms with Gasteiger partial charge >= 0.3 is 0 Å². The minimum absolute atomic E-state index is 1.24. The minimum Gasteiger partial charge on any atom is -0.134 e. The Hall–Kier alpha value is -5.80. The second kappa shape index (κ2) is 12.0. The first-order valence-corrected chi connectivity index (χ1v) is 18.6. The van der Waals surface area contributed by atoms with Crippen LogP contribution in [0.1, 0.15) is 0 Å². The van der Waals surface area contributed by atoms with Gasteiger partial charge in [-0.1, -0.05) is 152 Å². The molecule has 2 heterocycles. The highest BCUT2D eigenvalue weighted by Gasteiger charge is 2.20. The van der Waals surface area contributed by atoms with Crippen molar-refractivity contribution in [3.63, 3.8) is 0 Å². The van der Waals surface area contributed by atoms with Crippen LogP contribution in [0.2, 0.25) is 0 Å². The van der Waals surface area contributed by atoms with E-state index < -0.39 is 0 Å². The third-order valence-corrected chi connectivity index (χ3v) is 12.4. The molecule has 234 valence electrons. The van der Waals surface area contributed by atoms with Gasteiger partial charge in [0.2, 0.25) is 0 Å². The first kappa shape index (κ1) is 29.1. The Morgan fingerprint density at radius 2 is 0.700 bits per heavy atom. The Labute approximate surface area is 299 Å². The smallest absolute Gasteiger partial charge is 0.0449 e. The van der Waals surface area contributed by atoms with Gasteiger partial charge in [-0.3, -0.25) is 0 Å². The lowest BCUT2D eigenvalue weighted by molar-refractivity contribution is 1.68. The molecule has 0 saturated heterocycles. The van der Waals surface area contributed by atoms with E-state index in [9.17, 15) is 0 Å². The maximum atomic E-state index is 2.45. The van der Waals surface area contributed by atoms with Crippen LogP contribution in [0.15, 0.2) is 182 Å². The molecule has 50 heavy (non-hydrogen) atoms. The molecule has 8 aromatic carbocycles. The van der Waals surface area contributed by atoms with Crippen LogP contribution in [0.4, 0.5) is 0 Å². The second-order valence-electron chi connectivity index (χ2n) is 12.8. The molecule has 0 fully saturated rings. The van der Waals surface area contributed by atoms with Gasteiger partial charge in [-0.25, -0.2) is 0 Å². The monoisotopic (exact) mass is 670 g/mol. The number of hydrogen-bond acceptors (Lipinski definition) is 2. The standard InChI is InChI=1S/C48H30S2/c1-2-14-33(15-3-1)43-26-28-45(49-43)46-29-27-44(50-46)34-24-25-41-42(30-34)48(38-23-11-17-32-13-5-7-19-36(32)38)40-21-9-8-20-39(40)47(41)37-22-10-16-31-12-4-6-18-35(31)37/h1-30H. The highest BCUT2D eigenvalue weighted by atomic mass is 32.1. The van der Waals surface area contributed by atoms with Crippen LogP contribution in [0, 0.1) is 0 Å². The Morgan fingerprint density at radius 1 is 0.260 bits per heavy atom. The van der Waals surface area contributed by atoms with E-state index in [-0.39, 0.29) is 0 Å². The average Bonchev–Trinajstić information content (AvgIpc) is 3.88. The zero-order valence-electron chi connectivity index (χ0n) is 27.1. The van der Waals surface area contributed by atoms with Crippen molar-refractivity contribution >= 4 is 65.8 Å². The topological polar surface area (TPSA) is 0 Å².